The van der Waals surface area contributed by atoms with E-state index in [1.165, 1.54) is 0 Å². The molecule has 11 heteroatoms. The zero-order valence-corrected chi connectivity index (χ0v) is 18.4. The highest BCUT2D eigenvalue weighted by Gasteiger charge is 2.22. The van der Waals surface area contributed by atoms with Crippen molar-refractivity contribution in [2.45, 2.75) is 12.5 Å². The molecule has 34 heavy (non-hydrogen) atoms. The van der Waals surface area contributed by atoms with Gasteiger partial charge in [0.25, 0.3) is 5.91 Å². The number of anilines is 3. The van der Waals surface area contributed by atoms with Crippen LogP contribution in [0.3, 0.4) is 0 Å². The molecule has 0 aliphatic carbocycles. The van der Waals surface area contributed by atoms with Gasteiger partial charge in [0, 0.05) is 31.0 Å². The molecule has 0 radical (unpaired) electrons. The largest absolute Gasteiger partial charge is 0.394 e. The molecule has 5 rings (SSSR count). The maximum atomic E-state index is 12.4. The zero-order valence-electron chi connectivity index (χ0n) is 18.4. The van der Waals surface area contributed by atoms with Crippen LogP contribution in [-0.4, -0.2) is 66.7 Å². The number of fused-ring (bicyclic) bond motifs is 1. The standard InChI is InChI=1S/C23H23N9O2/c1-32-10-9-15-11-16(7-8-17(15)22(32)34)25-23-24-12-18(21-28-30-31-29-21)20(27-23)26-19(13-33)14-5-3-2-4-6-14/h2-8,11-12,19,33H,9-10,13H2,1H3,(H2,24,25,26,27)(H,28,29,30,31)/t19-/m1/s1. The van der Waals surface area contributed by atoms with Crippen molar-refractivity contribution in [3.05, 3.63) is 71.4 Å². The van der Waals surface area contributed by atoms with Crippen LogP contribution in [0.15, 0.2) is 54.7 Å². The number of hydrogen-bond donors (Lipinski definition) is 4. The monoisotopic (exact) mass is 457 g/mol. The van der Waals surface area contributed by atoms with E-state index in [1.807, 2.05) is 48.5 Å². The summed E-state index contributed by atoms with van der Waals surface area (Å²) in [5, 5.41) is 30.5. The van der Waals surface area contributed by atoms with Gasteiger partial charge in [0.1, 0.15) is 5.82 Å². The van der Waals surface area contributed by atoms with Crippen molar-refractivity contribution < 1.29 is 9.90 Å². The first-order valence-corrected chi connectivity index (χ1v) is 10.8. The molecule has 3 heterocycles. The van der Waals surface area contributed by atoms with E-state index in [-0.39, 0.29) is 12.5 Å². The maximum absolute atomic E-state index is 12.4. The molecule has 2 aromatic heterocycles. The number of aromatic amines is 1. The predicted molar refractivity (Wildman–Crippen MR) is 125 cm³/mol. The number of nitrogens with one attached hydrogen (secondary N) is 3. The van der Waals surface area contributed by atoms with Gasteiger partial charge in [0.05, 0.1) is 18.2 Å². The molecule has 0 spiro atoms. The second-order valence-electron chi connectivity index (χ2n) is 7.97. The summed E-state index contributed by atoms with van der Waals surface area (Å²) >= 11 is 0. The van der Waals surface area contributed by atoms with E-state index in [0.29, 0.717) is 35.3 Å². The fraction of sp³-hybridized carbons (Fsp3) is 0.217. The molecule has 0 unspecified atom stereocenters. The van der Waals surface area contributed by atoms with Gasteiger partial charge in [-0.1, -0.05) is 30.3 Å². The second-order valence-corrected chi connectivity index (χ2v) is 7.97. The number of rotatable bonds is 7. The zero-order chi connectivity index (χ0) is 23.5. The van der Waals surface area contributed by atoms with Crippen LogP contribution in [0.1, 0.15) is 27.5 Å². The number of aromatic nitrogens is 6. The normalized spacial score (nSPS) is 13.9. The van der Waals surface area contributed by atoms with Crippen LogP contribution in [-0.2, 0) is 6.42 Å². The Balaban J connectivity index is 1.46. The van der Waals surface area contributed by atoms with Gasteiger partial charge < -0.3 is 20.6 Å². The van der Waals surface area contributed by atoms with Gasteiger partial charge in [-0.2, -0.15) is 4.98 Å². The SMILES string of the molecule is CN1CCc2cc(Nc3ncc(-c4nnn[nH]4)c(N[C@H](CO)c4ccccc4)n3)ccc2C1=O. The number of aliphatic hydroxyl groups is 1. The summed E-state index contributed by atoms with van der Waals surface area (Å²) in [5.74, 6) is 1.23. The van der Waals surface area contributed by atoms with E-state index in [9.17, 15) is 9.90 Å². The third-order valence-electron chi connectivity index (χ3n) is 5.74. The molecular formula is C23H23N9O2. The molecule has 0 saturated carbocycles. The minimum absolute atomic E-state index is 0.0245. The number of hydrogen-bond acceptors (Lipinski definition) is 9. The van der Waals surface area contributed by atoms with E-state index in [4.69, 9.17) is 0 Å². The smallest absolute Gasteiger partial charge is 0.253 e. The summed E-state index contributed by atoms with van der Waals surface area (Å²) in [6, 6.07) is 14.8. The van der Waals surface area contributed by atoms with Crippen LogP contribution in [0.25, 0.3) is 11.4 Å². The number of aliphatic hydroxyl groups excluding tert-OH is 1. The molecule has 0 saturated heterocycles. The first-order valence-electron chi connectivity index (χ1n) is 10.8. The topological polar surface area (TPSA) is 145 Å². The van der Waals surface area contributed by atoms with Crippen molar-refractivity contribution in [1.82, 2.24) is 35.5 Å². The Bertz CT molecular complexity index is 1300. The van der Waals surface area contributed by atoms with E-state index in [2.05, 4.69) is 41.2 Å². The van der Waals surface area contributed by atoms with Crippen LogP contribution in [0, 0.1) is 0 Å². The third kappa shape index (κ3) is 4.28. The number of H-pyrrole nitrogens is 1. The molecule has 1 atom stereocenters. The average molecular weight is 457 g/mol. The number of benzene rings is 2. The van der Waals surface area contributed by atoms with Crippen LogP contribution >= 0.6 is 0 Å². The predicted octanol–water partition coefficient (Wildman–Crippen LogP) is 2.17. The van der Waals surface area contributed by atoms with Gasteiger partial charge >= 0.3 is 0 Å². The number of amides is 1. The van der Waals surface area contributed by atoms with Gasteiger partial charge in [0.15, 0.2) is 5.82 Å². The maximum Gasteiger partial charge on any atom is 0.253 e. The highest BCUT2D eigenvalue weighted by Crippen LogP contribution is 2.29. The van der Waals surface area contributed by atoms with E-state index in [0.717, 1.165) is 23.2 Å². The third-order valence-corrected chi connectivity index (χ3v) is 5.74. The summed E-state index contributed by atoms with van der Waals surface area (Å²) in [5.41, 5.74) is 3.94. The van der Waals surface area contributed by atoms with Crippen LogP contribution in [0.5, 0.6) is 0 Å². The Labute approximate surface area is 195 Å². The number of carbonyl (C=O) groups excluding carboxylic acids is 1. The Hall–Kier alpha value is -4.38. The van der Waals surface area contributed by atoms with Gasteiger partial charge in [-0.25, -0.2) is 10.1 Å². The van der Waals surface area contributed by atoms with Gasteiger partial charge in [-0.15, -0.1) is 5.10 Å². The van der Waals surface area contributed by atoms with Crippen molar-refractivity contribution in [2.24, 2.45) is 0 Å². The number of likely N-dealkylation sites (N-methyl/N-ethyl adjacent to an activating group) is 1. The molecular weight excluding hydrogens is 434 g/mol. The Kier molecular flexibility index (Phi) is 5.83. The highest BCUT2D eigenvalue weighted by molar-refractivity contribution is 5.97. The van der Waals surface area contributed by atoms with E-state index in [1.54, 1.807) is 18.1 Å². The minimum atomic E-state index is -0.398. The molecule has 2 aromatic carbocycles. The lowest BCUT2D eigenvalue weighted by atomic mass is 9.99. The summed E-state index contributed by atoms with van der Waals surface area (Å²) in [6.07, 6.45) is 2.39. The Morgan fingerprint density at radius 1 is 1.18 bits per heavy atom. The Morgan fingerprint density at radius 3 is 2.79 bits per heavy atom. The van der Waals surface area contributed by atoms with Gasteiger partial charge in [0.2, 0.25) is 5.95 Å². The lowest BCUT2D eigenvalue weighted by molar-refractivity contribution is 0.0781. The number of carbonyl (C=O) groups is 1. The second kappa shape index (κ2) is 9.24. The van der Waals surface area contributed by atoms with Crippen LogP contribution in [0.2, 0.25) is 0 Å². The summed E-state index contributed by atoms with van der Waals surface area (Å²) in [4.78, 5) is 23.1. The van der Waals surface area contributed by atoms with Crippen molar-refractivity contribution in [1.29, 1.82) is 0 Å². The molecule has 172 valence electrons. The Morgan fingerprint density at radius 2 is 2.03 bits per heavy atom. The van der Waals surface area contributed by atoms with Crippen molar-refractivity contribution in [2.75, 3.05) is 30.8 Å². The molecule has 4 N–H and O–H groups in total. The molecule has 0 fully saturated rings. The van der Waals surface area contributed by atoms with Crippen molar-refractivity contribution in [3.63, 3.8) is 0 Å². The van der Waals surface area contributed by atoms with E-state index < -0.39 is 6.04 Å². The summed E-state index contributed by atoms with van der Waals surface area (Å²) < 4.78 is 0. The van der Waals surface area contributed by atoms with Gasteiger partial charge in [-0.05, 0) is 46.2 Å². The van der Waals surface area contributed by atoms with Crippen LogP contribution < -0.4 is 10.6 Å². The minimum Gasteiger partial charge on any atom is -0.394 e. The quantitative estimate of drug-likeness (QED) is 0.328. The molecule has 1 amide bonds. The number of nitrogens with zero attached hydrogens (tertiary/aromatic N) is 6. The van der Waals surface area contributed by atoms with Crippen molar-refractivity contribution in [3.8, 4) is 11.4 Å². The van der Waals surface area contributed by atoms with Crippen molar-refractivity contribution >= 4 is 23.4 Å². The molecule has 4 aromatic rings. The molecule has 0 bridgehead atoms. The fourth-order valence-corrected chi connectivity index (χ4v) is 3.89. The molecule has 1 aliphatic rings. The first kappa shape index (κ1) is 21.5. The summed E-state index contributed by atoms with van der Waals surface area (Å²) in [6.45, 7) is 0.542. The van der Waals surface area contributed by atoms with Gasteiger partial charge in [-0.3, -0.25) is 4.79 Å². The lowest BCUT2D eigenvalue weighted by Crippen LogP contribution is -2.34. The number of tetrazole rings is 1. The molecule has 11 nitrogen and oxygen atoms in total. The molecule has 1 aliphatic heterocycles. The average Bonchev–Trinajstić information content (AvgIpc) is 3.40. The first-order chi connectivity index (χ1) is 16.6. The summed E-state index contributed by atoms with van der Waals surface area (Å²) in [7, 11) is 1.81. The van der Waals surface area contributed by atoms with E-state index >= 15 is 0 Å². The van der Waals surface area contributed by atoms with Crippen LogP contribution in [0.4, 0.5) is 17.5 Å². The fourth-order valence-electron chi connectivity index (χ4n) is 3.89. The lowest BCUT2D eigenvalue weighted by Gasteiger charge is -2.25. The highest BCUT2D eigenvalue weighted by atomic mass is 16.3.